The van der Waals surface area contributed by atoms with E-state index in [2.05, 4.69) is 26.3 Å². The van der Waals surface area contributed by atoms with Crippen LogP contribution in [0.2, 0.25) is 0 Å². The molecule has 2 aliphatic heterocycles. The first-order valence-corrected chi connectivity index (χ1v) is 7.31. The van der Waals surface area contributed by atoms with Gasteiger partial charge in [-0.15, -0.1) is 10.2 Å². The van der Waals surface area contributed by atoms with Gasteiger partial charge in [-0.1, -0.05) is 24.3 Å². The average molecular weight is 313 g/mol. The maximum absolute atomic E-state index is 9.28. The number of aromatic nitrogens is 1. The number of azo groups is 1. The molecule has 2 bridgehead atoms. The van der Waals surface area contributed by atoms with E-state index in [0.717, 1.165) is 16.7 Å². The van der Waals surface area contributed by atoms with E-state index in [-0.39, 0.29) is 5.70 Å². The Bertz CT molecular complexity index is 979. The molecule has 2 aliphatic rings. The van der Waals surface area contributed by atoms with Gasteiger partial charge in [-0.25, -0.2) is 0 Å². The summed E-state index contributed by atoms with van der Waals surface area (Å²) in [5.74, 6) is 0.621. The number of aliphatic imine (C=N–C) groups is 1. The molecule has 0 spiro atoms. The summed E-state index contributed by atoms with van der Waals surface area (Å²) in [6, 6.07) is 11.8. The summed E-state index contributed by atoms with van der Waals surface area (Å²) in [5, 5.41) is 17.3. The summed E-state index contributed by atoms with van der Waals surface area (Å²) in [4.78, 5) is 8.54. The normalized spacial score (nSPS) is 15.4. The second-order valence-corrected chi connectivity index (χ2v) is 5.22. The predicted octanol–water partition coefficient (Wildman–Crippen LogP) is 3.63. The van der Waals surface area contributed by atoms with E-state index in [1.165, 1.54) is 0 Å². The molecule has 6 nitrogen and oxygen atoms in total. The van der Waals surface area contributed by atoms with E-state index >= 15 is 0 Å². The molecule has 4 rings (SSSR count). The third kappa shape index (κ3) is 2.48. The predicted molar refractivity (Wildman–Crippen MR) is 88.1 cm³/mol. The molecular formula is C18H11N5O. The highest BCUT2D eigenvalue weighted by atomic mass is 16.5. The minimum atomic E-state index is 0.243. The second-order valence-electron chi connectivity index (χ2n) is 5.22. The Kier molecular flexibility index (Phi) is 3.45. The highest BCUT2D eigenvalue weighted by molar-refractivity contribution is 5.86. The molecule has 0 N–H and O–H groups in total. The van der Waals surface area contributed by atoms with Crippen molar-refractivity contribution in [2.24, 2.45) is 15.2 Å². The largest absolute Gasteiger partial charge is 0.487 e. The van der Waals surface area contributed by atoms with Crippen molar-refractivity contribution in [2.45, 2.75) is 6.61 Å². The van der Waals surface area contributed by atoms with E-state index in [4.69, 9.17) is 4.74 Å². The van der Waals surface area contributed by atoms with E-state index in [1.54, 1.807) is 24.8 Å². The number of allylic oxidation sites excluding steroid dienone is 2. The monoisotopic (exact) mass is 313 g/mol. The molecule has 0 atom stereocenters. The molecule has 114 valence electrons. The molecule has 0 fully saturated rings. The Balaban J connectivity index is 1.90. The fourth-order valence-corrected chi connectivity index (χ4v) is 2.55. The summed E-state index contributed by atoms with van der Waals surface area (Å²) < 4.78 is 5.85. The van der Waals surface area contributed by atoms with Gasteiger partial charge in [-0.05, 0) is 17.2 Å². The van der Waals surface area contributed by atoms with Gasteiger partial charge in [0.05, 0.1) is 18.0 Å². The fraction of sp³-hybridized carbons (Fsp3) is 0.0556. The lowest BCUT2D eigenvalue weighted by Gasteiger charge is -2.11. The SMILES string of the molecule is N#CC1=C2C(=CN=Cc3ccccc3COc3cncc2c3)N=N1. The van der Waals surface area contributed by atoms with Crippen molar-refractivity contribution >= 4 is 11.8 Å². The highest BCUT2D eigenvalue weighted by Crippen LogP contribution is 2.35. The van der Waals surface area contributed by atoms with Crippen LogP contribution in [0, 0.1) is 11.3 Å². The van der Waals surface area contributed by atoms with Crippen LogP contribution in [0.25, 0.3) is 5.57 Å². The number of ether oxygens (including phenoxy) is 1. The van der Waals surface area contributed by atoms with E-state index < -0.39 is 0 Å². The topological polar surface area (TPSA) is 83.0 Å². The van der Waals surface area contributed by atoms with Crippen LogP contribution in [0.5, 0.6) is 5.75 Å². The van der Waals surface area contributed by atoms with Gasteiger partial charge in [0.25, 0.3) is 0 Å². The van der Waals surface area contributed by atoms with Crippen molar-refractivity contribution in [3.63, 3.8) is 0 Å². The molecule has 0 unspecified atom stereocenters. The Morgan fingerprint density at radius 1 is 1.12 bits per heavy atom. The summed E-state index contributed by atoms with van der Waals surface area (Å²) in [6.45, 7) is 0.406. The van der Waals surface area contributed by atoms with Gasteiger partial charge < -0.3 is 4.74 Å². The molecule has 0 amide bonds. The third-order valence-corrected chi connectivity index (χ3v) is 3.72. The zero-order valence-electron chi connectivity index (χ0n) is 12.5. The van der Waals surface area contributed by atoms with Crippen molar-refractivity contribution in [1.82, 2.24) is 4.98 Å². The summed E-state index contributed by atoms with van der Waals surface area (Å²) >= 11 is 0. The summed E-state index contributed by atoms with van der Waals surface area (Å²) in [5.41, 5.74) is 4.09. The van der Waals surface area contributed by atoms with Gasteiger partial charge in [0, 0.05) is 18.0 Å². The van der Waals surface area contributed by atoms with Crippen LogP contribution < -0.4 is 4.74 Å². The first-order valence-electron chi connectivity index (χ1n) is 7.31. The molecule has 24 heavy (non-hydrogen) atoms. The lowest BCUT2D eigenvalue weighted by Crippen LogP contribution is -2.01. The lowest BCUT2D eigenvalue weighted by molar-refractivity contribution is 0.305. The maximum atomic E-state index is 9.28. The minimum absolute atomic E-state index is 0.243. The first-order chi connectivity index (χ1) is 11.8. The Labute approximate surface area is 138 Å². The number of rotatable bonds is 0. The standard InChI is InChI=1S/C18H11N5O/c19-6-16-18-14-5-15(9-20-8-14)24-11-13-4-2-1-3-12(13)7-21-10-17(18)23-22-16/h1-5,7-10H,11H2. The Morgan fingerprint density at radius 2 is 2.04 bits per heavy atom. The number of fused-ring (bicyclic) bond motifs is 5. The zero-order chi connectivity index (χ0) is 16.4. The average Bonchev–Trinajstić information content (AvgIpc) is 3.03. The molecule has 6 heteroatoms. The third-order valence-electron chi connectivity index (χ3n) is 3.72. The van der Waals surface area contributed by atoms with E-state index in [0.29, 0.717) is 23.6 Å². The smallest absolute Gasteiger partial charge is 0.173 e. The molecule has 2 aromatic rings. The van der Waals surface area contributed by atoms with Crippen LogP contribution in [0.1, 0.15) is 16.7 Å². The second kappa shape index (κ2) is 5.89. The van der Waals surface area contributed by atoms with Gasteiger partial charge in [0.1, 0.15) is 24.1 Å². The Morgan fingerprint density at radius 3 is 2.96 bits per heavy atom. The van der Waals surface area contributed by atoms with Crippen LogP contribution in [-0.2, 0) is 6.61 Å². The zero-order valence-corrected chi connectivity index (χ0v) is 12.5. The number of pyridine rings is 1. The maximum Gasteiger partial charge on any atom is 0.173 e. The fourth-order valence-electron chi connectivity index (χ4n) is 2.55. The van der Waals surface area contributed by atoms with Gasteiger partial charge in [0.2, 0.25) is 0 Å². The van der Waals surface area contributed by atoms with Crippen molar-refractivity contribution < 1.29 is 4.74 Å². The highest BCUT2D eigenvalue weighted by Gasteiger charge is 2.21. The number of nitriles is 1. The quantitative estimate of drug-likeness (QED) is 0.744. The molecule has 0 saturated carbocycles. The number of hydrogen-bond donors (Lipinski definition) is 0. The minimum Gasteiger partial charge on any atom is -0.487 e. The number of nitrogens with zero attached hydrogens (tertiary/aromatic N) is 5. The van der Waals surface area contributed by atoms with Crippen molar-refractivity contribution in [1.29, 1.82) is 5.26 Å². The van der Waals surface area contributed by atoms with Crippen molar-refractivity contribution in [2.75, 3.05) is 0 Å². The van der Waals surface area contributed by atoms with Crippen LogP contribution in [0.15, 0.2) is 75.5 Å². The molecule has 1 aromatic carbocycles. The molecule has 0 aliphatic carbocycles. The van der Waals surface area contributed by atoms with Gasteiger partial charge in [0.15, 0.2) is 5.70 Å². The molecular weight excluding hydrogens is 302 g/mol. The molecule has 3 heterocycles. The van der Waals surface area contributed by atoms with Gasteiger partial charge >= 0.3 is 0 Å². The van der Waals surface area contributed by atoms with Crippen LogP contribution >= 0.6 is 0 Å². The first kappa shape index (κ1) is 14.0. The number of hydrogen-bond acceptors (Lipinski definition) is 6. The van der Waals surface area contributed by atoms with Crippen molar-refractivity contribution in [3.05, 3.63) is 77.0 Å². The molecule has 1 aromatic heterocycles. The van der Waals surface area contributed by atoms with Crippen LogP contribution in [-0.4, -0.2) is 11.2 Å². The number of benzene rings is 1. The van der Waals surface area contributed by atoms with Gasteiger partial charge in [-0.3, -0.25) is 9.98 Å². The molecule has 0 radical (unpaired) electrons. The van der Waals surface area contributed by atoms with E-state index in [9.17, 15) is 5.26 Å². The summed E-state index contributed by atoms with van der Waals surface area (Å²) in [7, 11) is 0. The van der Waals surface area contributed by atoms with Crippen LogP contribution in [0.4, 0.5) is 0 Å². The Hall–Kier alpha value is -3.59. The molecule has 0 saturated heterocycles. The summed E-state index contributed by atoms with van der Waals surface area (Å²) in [6.07, 6.45) is 6.66. The van der Waals surface area contributed by atoms with Crippen LogP contribution in [0.3, 0.4) is 0 Å². The lowest BCUT2D eigenvalue weighted by atomic mass is 10.0. The van der Waals surface area contributed by atoms with Crippen molar-refractivity contribution in [3.8, 4) is 11.8 Å². The van der Waals surface area contributed by atoms with Gasteiger partial charge in [-0.2, -0.15) is 5.26 Å². The van der Waals surface area contributed by atoms with E-state index in [1.807, 2.05) is 30.3 Å².